The van der Waals surface area contributed by atoms with Gasteiger partial charge in [0, 0.05) is 22.2 Å². The molecule has 0 spiro atoms. The molecule has 0 atom stereocenters. The molecule has 0 fully saturated rings. The molecule has 17 heavy (non-hydrogen) atoms. The zero-order chi connectivity index (χ0) is 12.6. The van der Waals surface area contributed by atoms with Crippen molar-refractivity contribution in [2.24, 2.45) is 0 Å². The van der Waals surface area contributed by atoms with Crippen molar-refractivity contribution in [3.63, 3.8) is 0 Å². The van der Waals surface area contributed by atoms with Crippen LogP contribution in [-0.2, 0) is 0 Å². The van der Waals surface area contributed by atoms with E-state index in [0.717, 1.165) is 6.07 Å². The molecule has 0 amide bonds. The van der Waals surface area contributed by atoms with E-state index in [1.165, 1.54) is 12.1 Å². The van der Waals surface area contributed by atoms with Crippen molar-refractivity contribution in [3.8, 4) is 11.1 Å². The summed E-state index contributed by atoms with van der Waals surface area (Å²) in [6, 6.07) is 4.93. The first kappa shape index (κ1) is 12.1. The summed E-state index contributed by atoms with van der Waals surface area (Å²) in [6.45, 7) is 0. The van der Waals surface area contributed by atoms with E-state index < -0.39 is 28.8 Å². The molecule has 0 heterocycles. The van der Waals surface area contributed by atoms with Crippen molar-refractivity contribution in [3.05, 3.63) is 58.1 Å². The lowest BCUT2D eigenvalue weighted by Gasteiger charge is -2.08. The molecule has 2 aromatic rings. The molecular weight excluding hydrogens is 300 g/mol. The van der Waals surface area contributed by atoms with Gasteiger partial charge in [-0.2, -0.15) is 0 Å². The summed E-state index contributed by atoms with van der Waals surface area (Å²) in [5, 5.41) is 0. The molecule has 0 saturated heterocycles. The van der Waals surface area contributed by atoms with Gasteiger partial charge in [0.1, 0.15) is 23.3 Å². The SMILES string of the molecule is Fc1cc(F)c(-c2c(F)cccc2Br)c(F)c1. The quantitative estimate of drug-likeness (QED) is 0.672. The van der Waals surface area contributed by atoms with Gasteiger partial charge in [-0.25, -0.2) is 17.6 Å². The molecule has 2 rings (SSSR count). The normalized spacial score (nSPS) is 10.6. The maximum atomic E-state index is 13.5. The highest BCUT2D eigenvalue weighted by molar-refractivity contribution is 9.10. The summed E-state index contributed by atoms with van der Waals surface area (Å²) >= 11 is 3.00. The molecule has 0 N–H and O–H groups in total. The zero-order valence-corrected chi connectivity index (χ0v) is 9.86. The van der Waals surface area contributed by atoms with E-state index in [1.54, 1.807) is 0 Å². The van der Waals surface area contributed by atoms with Crippen LogP contribution in [-0.4, -0.2) is 0 Å². The maximum absolute atomic E-state index is 13.5. The molecule has 0 saturated carbocycles. The third kappa shape index (κ3) is 2.20. The largest absolute Gasteiger partial charge is 0.207 e. The van der Waals surface area contributed by atoms with Crippen LogP contribution < -0.4 is 0 Å². The molecule has 0 aliphatic carbocycles. The zero-order valence-electron chi connectivity index (χ0n) is 8.28. The molecule has 0 bridgehead atoms. The van der Waals surface area contributed by atoms with E-state index >= 15 is 0 Å². The molecule has 0 aliphatic rings. The maximum Gasteiger partial charge on any atom is 0.137 e. The second-order valence-electron chi connectivity index (χ2n) is 3.34. The highest BCUT2D eigenvalue weighted by Gasteiger charge is 2.19. The van der Waals surface area contributed by atoms with Gasteiger partial charge in [-0.15, -0.1) is 0 Å². The first-order valence-corrected chi connectivity index (χ1v) is 5.39. The summed E-state index contributed by atoms with van der Waals surface area (Å²) in [5.41, 5.74) is -0.848. The van der Waals surface area contributed by atoms with E-state index in [1.807, 2.05) is 0 Å². The highest BCUT2D eigenvalue weighted by atomic mass is 79.9. The minimum atomic E-state index is -1.15. The lowest BCUT2D eigenvalue weighted by molar-refractivity contribution is 0.545. The van der Waals surface area contributed by atoms with E-state index in [4.69, 9.17) is 0 Å². The fraction of sp³-hybridized carbons (Fsp3) is 0. The van der Waals surface area contributed by atoms with E-state index in [-0.39, 0.29) is 10.0 Å². The predicted octanol–water partition coefficient (Wildman–Crippen LogP) is 4.67. The molecule has 0 nitrogen and oxygen atoms in total. The fourth-order valence-electron chi connectivity index (χ4n) is 1.52. The minimum absolute atomic E-state index is 0.196. The standard InChI is InChI=1S/C12H5BrF4/c13-7-2-1-3-8(15)11(7)12-9(16)4-6(14)5-10(12)17/h1-5H. The van der Waals surface area contributed by atoms with Crippen molar-refractivity contribution in [2.45, 2.75) is 0 Å². The molecule has 5 heteroatoms. The predicted molar refractivity (Wildman–Crippen MR) is 59.4 cm³/mol. The Morgan fingerprint density at radius 1 is 0.765 bits per heavy atom. The molecule has 0 radical (unpaired) electrons. The number of rotatable bonds is 1. The lowest BCUT2D eigenvalue weighted by atomic mass is 10.0. The summed E-state index contributed by atoms with van der Waals surface area (Å²) in [7, 11) is 0. The Morgan fingerprint density at radius 3 is 1.88 bits per heavy atom. The number of hydrogen-bond donors (Lipinski definition) is 0. The molecule has 2 aromatic carbocycles. The average Bonchev–Trinajstić information content (AvgIpc) is 2.21. The summed E-state index contributed by atoms with van der Waals surface area (Å²) in [5.74, 6) is -4.12. The summed E-state index contributed by atoms with van der Waals surface area (Å²) < 4.78 is 53.5. The van der Waals surface area contributed by atoms with Gasteiger partial charge in [-0.05, 0) is 12.1 Å². The van der Waals surface area contributed by atoms with Gasteiger partial charge in [-0.3, -0.25) is 0 Å². The van der Waals surface area contributed by atoms with Gasteiger partial charge >= 0.3 is 0 Å². The Kier molecular flexibility index (Phi) is 3.19. The summed E-state index contributed by atoms with van der Waals surface area (Å²) in [6.07, 6.45) is 0. The Morgan fingerprint density at radius 2 is 1.35 bits per heavy atom. The molecule has 88 valence electrons. The second kappa shape index (κ2) is 4.49. The topological polar surface area (TPSA) is 0 Å². The van der Waals surface area contributed by atoms with Crippen molar-refractivity contribution in [1.82, 2.24) is 0 Å². The van der Waals surface area contributed by atoms with Crippen LogP contribution in [0.25, 0.3) is 11.1 Å². The first-order valence-electron chi connectivity index (χ1n) is 4.59. The average molecular weight is 305 g/mol. The fourth-order valence-corrected chi connectivity index (χ4v) is 2.06. The van der Waals surface area contributed by atoms with E-state index in [9.17, 15) is 17.6 Å². The third-order valence-corrected chi connectivity index (χ3v) is 2.88. The highest BCUT2D eigenvalue weighted by Crippen LogP contribution is 2.34. The van der Waals surface area contributed by atoms with E-state index in [2.05, 4.69) is 15.9 Å². The third-order valence-electron chi connectivity index (χ3n) is 2.22. The molecule has 0 aromatic heterocycles. The van der Waals surface area contributed by atoms with Crippen molar-refractivity contribution in [2.75, 3.05) is 0 Å². The molecular formula is C12H5BrF4. The van der Waals surface area contributed by atoms with E-state index in [0.29, 0.717) is 12.1 Å². The van der Waals surface area contributed by atoms with Crippen LogP contribution in [0.2, 0.25) is 0 Å². The second-order valence-corrected chi connectivity index (χ2v) is 4.20. The Hall–Kier alpha value is -1.36. The smallest absolute Gasteiger partial charge is 0.137 e. The Labute approximate surface area is 103 Å². The van der Waals surface area contributed by atoms with Crippen LogP contribution in [0.4, 0.5) is 17.6 Å². The Balaban J connectivity index is 2.77. The van der Waals surface area contributed by atoms with Crippen molar-refractivity contribution < 1.29 is 17.6 Å². The van der Waals surface area contributed by atoms with Crippen LogP contribution in [0.5, 0.6) is 0 Å². The van der Waals surface area contributed by atoms with Crippen LogP contribution >= 0.6 is 15.9 Å². The van der Waals surface area contributed by atoms with Crippen molar-refractivity contribution in [1.29, 1.82) is 0 Å². The van der Waals surface area contributed by atoms with Gasteiger partial charge < -0.3 is 0 Å². The monoisotopic (exact) mass is 304 g/mol. The molecule has 0 unspecified atom stereocenters. The van der Waals surface area contributed by atoms with Crippen LogP contribution in [0.15, 0.2) is 34.8 Å². The summed E-state index contributed by atoms with van der Waals surface area (Å²) in [4.78, 5) is 0. The van der Waals surface area contributed by atoms with Crippen LogP contribution in [0.3, 0.4) is 0 Å². The number of hydrogen-bond acceptors (Lipinski definition) is 0. The van der Waals surface area contributed by atoms with Gasteiger partial charge in [0.15, 0.2) is 0 Å². The first-order chi connectivity index (χ1) is 8.00. The van der Waals surface area contributed by atoms with Crippen LogP contribution in [0.1, 0.15) is 0 Å². The van der Waals surface area contributed by atoms with Gasteiger partial charge in [0.2, 0.25) is 0 Å². The van der Waals surface area contributed by atoms with Gasteiger partial charge in [0.05, 0.1) is 5.56 Å². The van der Waals surface area contributed by atoms with Crippen molar-refractivity contribution >= 4 is 15.9 Å². The number of benzene rings is 2. The number of halogens is 5. The molecule has 0 aliphatic heterocycles. The van der Waals surface area contributed by atoms with Crippen LogP contribution in [0, 0.1) is 23.3 Å². The Bertz CT molecular complexity index is 537. The van der Waals surface area contributed by atoms with Gasteiger partial charge in [-0.1, -0.05) is 22.0 Å². The lowest BCUT2D eigenvalue weighted by Crippen LogP contribution is -1.95. The minimum Gasteiger partial charge on any atom is -0.207 e. The van der Waals surface area contributed by atoms with Gasteiger partial charge in [0.25, 0.3) is 0 Å².